The van der Waals surface area contributed by atoms with Crippen LogP contribution in [0.25, 0.3) is 11.0 Å². The summed E-state index contributed by atoms with van der Waals surface area (Å²) in [7, 11) is 0. The molecule has 1 aliphatic carbocycles. The van der Waals surface area contributed by atoms with Crippen molar-refractivity contribution in [3.05, 3.63) is 29.5 Å². The van der Waals surface area contributed by atoms with E-state index in [1.54, 1.807) is 6.07 Å². The minimum Gasteiger partial charge on any atom is -0.508 e. The molecule has 3 heteroatoms. The quantitative estimate of drug-likeness (QED) is 0.853. The average Bonchev–Trinajstić information content (AvgIpc) is 2.84. The van der Waals surface area contributed by atoms with E-state index in [2.05, 4.69) is 18.7 Å². The van der Waals surface area contributed by atoms with Crippen LogP contribution in [0.3, 0.4) is 0 Å². The normalized spacial score (nSPS) is 38.5. The van der Waals surface area contributed by atoms with E-state index in [4.69, 9.17) is 4.42 Å². The van der Waals surface area contributed by atoms with Gasteiger partial charge in [0.25, 0.3) is 0 Å². The minimum atomic E-state index is 0.341. The Kier molecular flexibility index (Phi) is 2.74. The molecule has 2 saturated heterocycles. The van der Waals surface area contributed by atoms with Crippen LogP contribution in [-0.2, 0) is 6.42 Å². The molecule has 4 heterocycles. The number of phenolic OH excluding ortho intramolecular Hbond substituents is 1. The zero-order valence-electron chi connectivity index (χ0n) is 14.0. The van der Waals surface area contributed by atoms with Crippen molar-refractivity contribution in [3.8, 4) is 5.75 Å². The summed E-state index contributed by atoms with van der Waals surface area (Å²) in [5.41, 5.74) is 2.73. The van der Waals surface area contributed by atoms with Crippen molar-refractivity contribution < 1.29 is 9.52 Å². The summed E-state index contributed by atoms with van der Waals surface area (Å²) < 4.78 is 6.36. The van der Waals surface area contributed by atoms with Gasteiger partial charge in [0, 0.05) is 36.0 Å². The third kappa shape index (κ3) is 1.86. The standard InChI is InChI=1S/C20H25NO2/c1-3-12-9-20(2)10-16-18(12)21(11-20)7-6-14-15-8-13(22)4-5-17(15)23-19(14)16/h4-5,8,12,16,18,22H,3,6-7,9-11H2,1-2H3. The summed E-state index contributed by atoms with van der Waals surface area (Å²) in [6.07, 6.45) is 4.94. The fourth-order valence-electron chi connectivity index (χ4n) is 5.92. The van der Waals surface area contributed by atoms with E-state index < -0.39 is 0 Å². The van der Waals surface area contributed by atoms with Crippen LogP contribution in [0.2, 0.25) is 0 Å². The maximum absolute atomic E-state index is 9.88. The minimum absolute atomic E-state index is 0.341. The first-order valence-corrected chi connectivity index (χ1v) is 9.06. The summed E-state index contributed by atoms with van der Waals surface area (Å²) in [6.45, 7) is 7.20. The molecular formula is C20H25NO2. The van der Waals surface area contributed by atoms with Crippen LogP contribution in [0.15, 0.2) is 22.6 Å². The van der Waals surface area contributed by atoms with Gasteiger partial charge in [0.2, 0.25) is 0 Å². The molecule has 3 fully saturated rings. The van der Waals surface area contributed by atoms with E-state index in [1.807, 2.05) is 12.1 Å². The Hall–Kier alpha value is -1.48. The second-order valence-corrected chi connectivity index (χ2v) is 8.33. The number of hydrogen-bond acceptors (Lipinski definition) is 3. The van der Waals surface area contributed by atoms with Gasteiger partial charge < -0.3 is 9.52 Å². The van der Waals surface area contributed by atoms with Crippen LogP contribution < -0.4 is 0 Å². The smallest absolute Gasteiger partial charge is 0.134 e. The molecule has 0 spiro atoms. The second-order valence-electron chi connectivity index (χ2n) is 8.33. The van der Waals surface area contributed by atoms with Gasteiger partial charge in [-0.2, -0.15) is 0 Å². The Bertz CT molecular complexity index is 779. The lowest BCUT2D eigenvalue weighted by molar-refractivity contribution is -0.0673. The van der Waals surface area contributed by atoms with E-state index in [9.17, 15) is 5.11 Å². The van der Waals surface area contributed by atoms with Crippen molar-refractivity contribution in [1.82, 2.24) is 4.90 Å². The summed E-state index contributed by atoms with van der Waals surface area (Å²) in [4.78, 5) is 2.75. The highest BCUT2D eigenvalue weighted by atomic mass is 16.3. The van der Waals surface area contributed by atoms with Gasteiger partial charge in [-0.15, -0.1) is 0 Å². The molecule has 122 valence electrons. The molecule has 4 aliphatic rings. The molecule has 3 nitrogen and oxygen atoms in total. The summed E-state index contributed by atoms with van der Waals surface area (Å²) in [5.74, 6) is 2.88. The molecule has 2 aromatic rings. The lowest BCUT2D eigenvalue weighted by Crippen LogP contribution is -2.60. The van der Waals surface area contributed by atoms with E-state index in [0.29, 0.717) is 23.1 Å². The number of fused-ring (bicyclic) bond motifs is 4. The lowest BCUT2D eigenvalue weighted by atomic mass is 9.58. The first-order valence-electron chi connectivity index (χ1n) is 9.06. The van der Waals surface area contributed by atoms with Crippen LogP contribution in [0, 0.1) is 11.3 Å². The first kappa shape index (κ1) is 13.9. The van der Waals surface area contributed by atoms with Crippen molar-refractivity contribution in [2.45, 2.75) is 51.5 Å². The van der Waals surface area contributed by atoms with Crippen molar-refractivity contribution in [2.24, 2.45) is 11.3 Å². The summed E-state index contributed by atoms with van der Waals surface area (Å²) in [6, 6.07) is 6.20. The van der Waals surface area contributed by atoms with E-state index in [-0.39, 0.29) is 0 Å². The van der Waals surface area contributed by atoms with Crippen molar-refractivity contribution in [2.75, 3.05) is 13.1 Å². The van der Waals surface area contributed by atoms with Crippen LogP contribution in [0.4, 0.5) is 0 Å². The number of rotatable bonds is 1. The Morgan fingerprint density at radius 3 is 3.04 bits per heavy atom. The largest absolute Gasteiger partial charge is 0.508 e. The van der Waals surface area contributed by atoms with Gasteiger partial charge in [0.05, 0.1) is 0 Å². The first-order chi connectivity index (χ1) is 11.1. The molecule has 3 aliphatic heterocycles. The van der Waals surface area contributed by atoms with Gasteiger partial charge in [-0.1, -0.05) is 20.3 Å². The molecule has 1 aromatic carbocycles. The molecule has 1 aromatic heterocycles. The highest BCUT2D eigenvalue weighted by Gasteiger charge is 2.54. The predicted octanol–water partition coefficient (Wildman–Crippen LogP) is 4.29. The maximum atomic E-state index is 9.88. The van der Waals surface area contributed by atoms with Crippen molar-refractivity contribution >= 4 is 11.0 Å². The van der Waals surface area contributed by atoms with Crippen molar-refractivity contribution in [1.29, 1.82) is 0 Å². The fraction of sp³-hybridized carbons (Fsp3) is 0.600. The highest BCUT2D eigenvalue weighted by molar-refractivity contribution is 5.84. The number of nitrogens with zero attached hydrogens (tertiary/aromatic N) is 1. The SMILES string of the molecule is CCC1CC2(C)CC3c4oc5ccc(O)cc5c4CCN(C2)C13. The third-order valence-electron chi connectivity index (χ3n) is 6.69. The molecule has 0 radical (unpaired) electrons. The van der Waals surface area contributed by atoms with Gasteiger partial charge in [-0.25, -0.2) is 0 Å². The molecule has 1 saturated carbocycles. The van der Waals surface area contributed by atoms with Gasteiger partial charge in [-0.3, -0.25) is 4.90 Å². The molecule has 1 N–H and O–H groups in total. The Morgan fingerprint density at radius 2 is 2.22 bits per heavy atom. The van der Waals surface area contributed by atoms with Crippen LogP contribution in [-0.4, -0.2) is 29.1 Å². The third-order valence-corrected chi connectivity index (χ3v) is 6.69. The number of benzene rings is 1. The maximum Gasteiger partial charge on any atom is 0.134 e. The topological polar surface area (TPSA) is 36.6 Å². The number of piperidine rings is 2. The molecule has 0 amide bonds. The Labute approximate surface area is 137 Å². The number of hydrogen-bond donors (Lipinski definition) is 1. The summed E-state index contributed by atoms with van der Waals surface area (Å²) >= 11 is 0. The molecule has 4 bridgehead atoms. The molecule has 5 atom stereocenters. The Morgan fingerprint density at radius 1 is 1.35 bits per heavy atom. The molecule has 6 rings (SSSR count). The van der Waals surface area contributed by atoms with E-state index in [1.165, 1.54) is 37.1 Å². The molecular weight excluding hydrogens is 286 g/mol. The van der Waals surface area contributed by atoms with Crippen molar-refractivity contribution in [3.63, 3.8) is 0 Å². The lowest BCUT2D eigenvalue weighted by Gasteiger charge is -2.58. The monoisotopic (exact) mass is 311 g/mol. The van der Waals surface area contributed by atoms with Gasteiger partial charge in [0.15, 0.2) is 0 Å². The predicted molar refractivity (Wildman–Crippen MR) is 90.8 cm³/mol. The zero-order chi connectivity index (χ0) is 15.8. The Balaban J connectivity index is 1.70. The fourth-order valence-corrected chi connectivity index (χ4v) is 5.92. The van der Waals surface area contributed by atoms with E-state index in [0.717, 1.165) is 29.9 Å². The molecule has 5 unspecified atom stereocenters. The van der Waals surface area contributed by atoms with Crippen LogP contribution >= 0.6 is 0 Å². The summed E-state index contributed by atoms with van der Waals surface area (Å²) in [5, 5.41) is 11.0. The van der Waals surface area contributed by atoms with Crippen LogP contribution in [0.1, 0.15) is 50.4 Å². The molecule has 23 heavy (non-hydrogen) atoms. The van der Waals surface area contributed by atoms with Crippen LogP contribution in [0.5, 0.6) is 5.75 Å². The van der Waals surface area contributed by atoms with Gasteiger partial charge in [0.1, 0.15) is 17.1 Å². The number of phenols is 1. The van der Waals surface area contributed by atoms with Gasteiger partial charge in [-0.05, 0) is 48.8 Å². The second kappa shape index (κ2) is 4.54. The number of aromatic hydroxyl groups is 1. The average molecular weight is 311 g/mol. The highest BCUT2D eigenvalue weighted by Crippen LogP contribution is 2.56. The van der Waals surface area contributed by atoms with E-state index >= 15 is 0 Å². The zero-order valence-corrected chi connectivity index (χ0v) is 14.0. The number of furan rings is 1. The van der Waals surface area contributed by atoms with Gasteiger partial charge >= 0.3 is 0 Å².